The molecule has 5 nitrogen and oxygen atoms in total. The highest BCUT2D eigenvalue weighted by Crippen LogP contribution is 2.27. The largest absolute Gasteiger partial charge is 0.401 e. The lowest BCUT2D eigenvalue weighted by atomic mass is 9.90. The molecular formula is C19H31F3N4O. The van der Waals surface area contributed by atoms with Gasteiger partial charge in [-0.15, -0.1) is 0 Å². The first-order chi connectivity index (χ1) is 12.5. The van der Waals surface area contributed by atoms with Crippen LogP contribution < -0.4 is 5.32 Å². The maximum Gasteiger partial charge on any atom is 0.401 e. The van der Waals surface area contributed by atoms with Crippen LogP contribution in [0.1, 0.15) is 52.1 Å². The molecule has 1 aliphatic heterocycles. The molecule has 0 radical (unpaired) electrons. The van der Waals surface area contributed by atoms with Gasteiger partial charge >= 0.3 is 6.18 Å². The van der Waals surface area contributed by atoms with Crippen LogP contribution in [-0.4, -0.2) is 53.8 Å². The average Bonchev–Trinajstić information content (AvgIpc) is 2.53. The van der Waals surface area contributed by atoms with Gasteiger partial charge in [0, 0.05) is 24.6 Å². The van der Waals surface area contributed by atoms with Crippen LogP contribution in [0.2, 0.25) is 0 Å². The van der Waals surface area contributed by atoms with E-state index in [9.17, 15) is 13.2 Å². The van der Waals surface area contributed by atoms with E-state index in [0.29, 0.717) is 25.6 Å². The predicted molar refractivity (Wildman–Crippen MR) is 99.7 cm³/mol. The summed E-state index contributed by atoms with van der Waals surface area (Å²) in [5.74, 6) is 1.80. The number of ether oxygens (including phenoxy) is 1. The molecular weight excluding hydrogens is 357 g/mol. The fourth-order valence-electron chi connectivity index (χ4n) is 3.34. The highest BCUT2D eigenvalue weighted by Gasteiger charge is 2.33. The van der Waals surface area contributed by atoms with Gasteiger partial charge in [0.25, 0.3) is 0 Å². The highest BCUT2D eigenvalue weighted by molar-refractivity contribution is 5.38. The molecule has 8 heteroatoms. The molecule has 0 spiro atoms. The first kappa shape index (κ1) is 21.9. The molecule has 0 aromatic carbocycles. The van der Waals surface area contributed by atoms with E-state index in [2.05, 4.69) is 43.0 Å². The van der Waals surface area contributed by atoms with E-state index in [1.807, 2.05) is 6.07 Å². The summed E-state index contributed by atoms with van der Waals surface area (Å²) in [6.07, 6.45) is -2.64. The molecule has 2 heterocycles. The van der Waals surface area contributed by atoms with E-state index in [4.69, 9.17) is 4.74 Å². The fourth-order valence-corrected chi connectivity index (χ4v) is 3.34. The lowest BCUT2D eigenvalue weighted by Gasteiger charge is -2.35. The number of likely N-dealkylation sites (tertiary alicyclic amines) is 1. The Morgan fingerprint density at radius 3 is 2.37 bits per heavy atom. The number of nitrogens with one attached hydrogen (secondary N) is 1. The summed E-state index contributed by atoms with van der Waals surface area (Å²) in [5.41, 5.74) is 0.624. The van der Waals surface area contributed by atoms with Gasteiger partial charge in [-0.1, -0.05) is 20.8 Å². The van der Waals surface area contributed by atoms with E-state index >= 15 is 0 Å². The first-order valence-corrected chi connectivity index (χ1v) is 9.41. The second-order valence-electron chi connectivity index (χ2n) is 8.41. The van der Waals surface area contributed by atoms with Crippen LogP contribution in [0.25, 0.3) is 0 Å². The topological polar surface area (TPSA) is 50.3 Å². The number of nitrogens with zero attached hydrogens (tertiary/aromatic N) is 3. The predicted octanol–water partition coefficient (Wildman–Crippen LogP) is 4.00. The average molecular weight is 388 g/mol. The maximum absolute atomic E-state index is 12.5. The molecule has 27 heavy (non-hydrogen) atoms. The Balaban J connectivity index is 2.01. The number of methoxy groups -OCH3 is 1. The zero-order valence-electron chi connectivity index (χ0n) is 16.9. The third kappa shape index (κ3) is 6.92. The van der Waals surface area contributed by atoms with Gasteiger partial charge in [0.05, 0.1) is 18.8 Å². The zero-order valence-corrected chi connectivity index (χ0v) is 16.9. The molecule has 1 aliphatic rings. The minimum absolute atomic E-state index is 0.121. The fraction of sp³-hybridized carbons (Fsp3) is 0.789. The van der Waals surface area contributed by atoms with Crippen molar-refractivity contribution in [3.05, 3.63) is 17.6 Å². The summed E-state index contributed by atoms with van der Waals surface area (Å²) < 4.78 is 42.8. The molecule has 0 bridgehead atoms. The third-order valence-corrected chi connectivity index (χ3v) is 4.86. The van der Waals surface area contributed by atoms with Crippen LogP contribution in [0, 0.1) is 5.92 Å². The van der Waals surface area contributed by atoms with E-state index < -0.39 is 12.7 Å². The van der Waals surface area contributed by atoms with E-state index in [1.165, 1.54) is 4.90 Å². The van der Waals surface area contributed by atoms with Crippen molar-refractivity contribution in [2.24, 2.45) is 5.92 Å². The summed E-state index contributed by atoms with van der Waals surface area (Å²) in [6.45, 7) is 8.78. The third-order valence-electron chi connectivity index (χ3n) is 4.86. The molecule has 0 amide bonds. The van der Waals surface area contributed by atoms with Crippen LogP contribution in [0.4, 0.5) is 19.0 Å². The Labute approximate surface area is 159 Å². The molecule has 1 saturated heterocycles. The number of hydrogen-bond donors (Lipinski definition) is 1. The second-order valence-corrected chi connectivity index (χ2v) is 8.41. The Hall–Kier alpha value is -1.41. The van der Waals surface area contributed by atoms with Gasteiger partial charge in [0.2, 0.25) is 0 Å². The van der Waals surface area contributed by atoms with Crippen molar-refractivity contribution in [1.29, 1.82) is 0 Å². The SMILES string of the molecule is COCc1cc(NC(C)C2CCN(CC(F)(F)F)CC2)nc(C(C)(C)C)n1. The minimum Gasteiger partial charge on any atom is -0.378 e. The molecule has 0 saturated carbocycles. The number of alkyl halides is 3. The number of rotatable bonds is 6. The molecule has 154 valence electrons. The van der Waals surface area contributed by atoms with Gasteiger partial charge in [-0.3, -0.25) is 4.90 Å². The molecule has 1 atom stereocenters. The zero-order chi connectivity index (χ0) is 20.2. The molecule has 1 fully saturated rings. The van der Waals surface area contributed by atoms with Gasteiger partial charge in [-0.2, -0.15) is 13.2 Å². The van der Waals surface area contributed by atoms with Crippen LogP contribution in [0.15, 0.2) is 6.07 Å². The van der Waals surface area contributed by atoms with Crippen molar-refractivity contribution in [3.8, 4) is 0 Å². The molecule has 1 aromatic rings. The summed E-state index contributed by atoms with van der Waals surface area (Å²) >= 11 is 0. The Kier molecular flexibility index (Phi) is 7.08. The number of aromatic nitrogens is 2. The number of hydrogen-bond acceptors (Lipinski definition) is 5. The lowest BCUT2D eigenvalue weighted by molar-refractivity contribution is -0.148. The van der Waals surface area contributed by atoms with E-state index in [1.54, 1.807) is 7.11 Å². The summed E-state index contributed by atoms with van der Waals surface area (Å²) in [7, 11) is 1.63. The standard InChI is InChI=1S/C19H31F3N4O/c1-13(14-6-8-26(9-7-14)12-19(20,21)22)23-16-10-15(11-27-5)24-17(25-16)18(2,3)4/h10,13-14H,6-9,11-12H2,1-5H3,(H,23,24,25). The monoisotopic (exact) mass is 388 g/mol. The van der Waals surface area contributed by atoms with Crippen molar-refractivity contribution in [2.45, 2.75) is 64.8 Å². The Morgan fingerprint density at radius 1 is 1.22 bits per heavy atom. The Morgan fingerprint density at radius 2 is 1.85 bits per heavy atom. The normalized spacial score (nSPS) is 18.5. The van der Waals surface area contributed by atoms with Crippen LogP contribution in [0.3, 0.4) is 0 Å². The van der Waals surface area contributed by atoms with Gasteiger partial charge in [0.1, 0.15) is 11.6 Å². The quantitative estimate of drug-likeness (QED) is 0.798. The van der Waals surface area contributed by atoms with Gasteiger partial charge < -0.3 is 10.1 Å². The molecule has 0 aliphatic carbocycles. The number of piperidine rings is 1. The minimum atomic E-state index is -4.13. The van der Waals surface area contributed by atoms with Crippen molar-refractivity contribution < 1.29 is 17.9 Å². The van der Waals surface area contributed by atoms with Crippen molar-refractivity contribution in [1.82, 2.24) is 14.9 Å². The summed E-state index contributed by atoms with van der Waals surface area (Å²) in [4.78, 5) is 10.7. The van der Waals surface area contributed by atoms with E-state index in [0.717, 1.165) is 30.2 Å². The van der Waals surface area contributed by atoms with Crippen molar-refractivity contribution in [2.75, 3.05) is 32.1 Å². The first-order valence-electron chi connectivity index (χ1n) is 9.41. The molecule has 2 rings (SSSR count). The van der Waals surface area contributed by atoms with E-state index in [-0.39, 0.29) is 11.5 Å². The number of halogens is 3. The molecule has 1 aromatic heterocycles. The summed E-state index contributed by atoms with van der Waals surface area (Å²) in [5, 5.41) is 3.44. The van der Waals surface area contributed by atoms with Gasteiger partial charge in [-0.25, -0.2) is 9.97 Å². The van der Waals surface area contributed by atoms with Crippen LogP contribution >= 0.6 is 0 Å². The smallest absolute Gasteiger partial charge is 0.378 e. The lowest BCUT2D eigenvalue weighted by Crippen LogP contribution is -2.43. The van der Waals surface area contributed by atoms with Gasteiger partial charge in [-0.05, 0) is 38.8 Å². The van der Waals surface area contributed by atoms with Crippen LogP contribution in [-0.2, 0) is 16.8 Å². The van der Waals surface area contributed by atoms with Gasteiger partial charge in [0.15, 0.2) is 0 Å². The molecule has 1 N–H and O–H groups in total. The number of anilines is 1. The summed E-state index contributed by atoms with van der Waals surface area (Å²) in [6, 6.07) is 2.00. The molecule has 1 unspecified atom stereocenters. The van der Waals surface area contributed by atoms with Crippen molar-refractivity contribution >= 4 is 5.82 Å². The second kappa shape index (κ2) is 8.73. The van der Waals surface area contributed by atoms with Crippen molar-refractivity contribution in [3.63, 3.8) is 0 Å². The highest BCUT2D eigenvalue weighted by atomic mass is 19.4. The Bertz CT molecular complexity index is 608. The van der Waals surface area contributed by atoms with Crippen LogP contribution in [0.5, 0.6) is 0 Å². The maximum atomic E-state index is 12.5.